The molecule has 34 heavy (non-hydrogen) atoms. The van der Waals surface area contributed by atoms with Gasteiger partial charge in [-0.15, -0.1) is 0 Å². The maximum atomic E-state index is 12.9. The number of urea groups is 1. The van der Waals surface area contributed by atoms with E-state index in [1.54, 1.807) is 37.5 Å². The lowest BCUT2D eigenvalue weighted by Gasteiger charge is -2.29. The third kappa shape index (κ3) is 4.98. The highest BCUT2D eigenvalue weighted by Crippen LogP contribution is 2.30. The van der Waals surface area contributed by atoms with E-state index in [0.717, 1.165) is 36.5 Å². The van der Waals surface area contributed by atoms with E-state index in [9.17, 15) is 14.4 Å². The van der Waals surface area contributed by atoms with E-state index in [1.807, 2.05) is 18.2 Å². The zero-order chi connectivity index (χ0) is 24.1. The molecule has 0 saturated carbocycles. The number of carbonyl (C=O) groups is 3. The first-order valence-electron chi connectivity index (χ1n) is 11.2. The summed E-state index contributed by atoms with van der Waals surface area (Å²) in [7, 11) is 3.06. The Morgan fingerprint density at radius 3 is 2.50 bits per heavy atom. The summed E-state index contributed by atoms with van der Waals surface area (Å²) in [5, 5.41) is 5.22. The summed E-state index contributed by atoms with van der Waals surface area (Å²) >= 11 is 0. The molecule has 9 heteroatoms. The Morgan fingerprint density at radius 1 is 1.03 bits per heavy atom. The van der Waals surface area contributed by atoms with Crippen LogP contribution in [-0.2, 0) is 9.59 Å². The molecule has 2 N–H and O–H groups in total. The number of hydrogen-bond donors (Lipinski definition) is 2. The first kappa shape index (κ1) is 23.2. The molecule has 2 aromatic carbocycles. The molecule has 0 radical (unpaired) electrons. The van der Waals surface area contributed by atoms with Crippen LogP contribution in [0, 0.1) is 0 Å². The number of hydrogen-bond acceptors (Lipinski definition) is 6. The molecule has 178 valence electrons. The van der Waals surface area contributed by atoms with Crippen molar-refractivity contribution >= 4 is 35.3 Å². The fourth-order valence-corrected chi connectivity index (χ4v) is 4.12. The standard InChI is InChI=1S/C25H28N4O5/c1-33-21-9-5-4-8-19(21)26-23(30)16-29-24(31)20(27-25(29)32)14-17-10-11-18(15-22(17)34-2)28-12-6-3-7-13-28/h4-5,8-11,14-15H,3,6-7,12-13,16H2,1-2H3,(H,26,30)(H,27,32)/b20-14+. The second-order valence-corrected chi connectivity index (χ2v) is 8.10. The molecule has 4 amide bonds. The van der Waals surface area contributed by atoms with Crippen molar-refractivity contribution in [2.75, 3.05) is 44.1 Å². The Kier molecular flexibility index (Phi) is 7.01. The highest BCUT2D eigenvalue weighted by atomic mass is 16.5. The average Bonchev–Trinajstić information content (AvgIpc) is 3.12. The van der Waals surface area contributed by atoms with Crippen molar-refractivity contribution in [3.8, 4) is 11.5 Å². The molecule has 2 aliphatic rings. The van der Waals surface area contributed by atoms with Gasteiger partial charge < -0.3 is 25.0 Å². The van der Waals surface area contributed by atoms with Gasteiger partial charge in [0.2, 0.25) is 5.91 Å². The van der Waals surface area contributed by atoms with Gasteiger partial charge in [-0.25, -0.2) is 9.69 Å². The molecule has 0 aliphatic carbocycles. The fraction of sp³-hybridized carbons (Fsp3) is 0.320. The molecule has 2 fully saturated rings. The van der Waals surface area contributed by atoms with Crippen LogP contribution in [-0.4, -0.2) is 56.6 Å². The van der Waals surface area contributed by atoms with Gasteiger partial charge >= 0.3 is 6.03 Å². The van der Waals surface area contributed by atoms with Gasteiger partial charge in [0.1, 0.15) is 23.7 Å². The largest absolute Gasteiger partial charge is 0.496 e. The van der Waals surface area contributed by atoms with Crippen LogP contribution in [0.5, 0.6) is 11.5 Å². The third-order valence-corrected chi connectivity index (χ3v) is 5.88. The zero-order valence-corrected chi connectivity index (χ0v) is 19.3. The molecule has 0 bridgehead atoms. The van der Waals surface area contributed by atoms with Crippen molar-refractivity contribution in [1.29, 1.82) is 0 Å². The quantitative estimate of drug-likeness (QED) is 0.482. The van der Waals surface area contributed by atoms with Gasteiger partial charge in [0.15, 0.2) is 0 Å². The van der Waals surface area contributed by atoms with Gasteiger partial charge in [-0.05, 0) is 49.6 Å². The SMILES string of the molecule is COc1cc(N2CCCCC2)ccc1/C=C1/NC(=O)N(CC(=O)Nc2ccccc2OC)C1=O. The normalized spacial score (nSPS) is 17.1. The van der Waals surface area contributed by atoms with Gasteiger partial charge in [-0.3, -0.25) is 9.59 Å². The first-order chi connectivity index (χ1) is 16.5. The predicted octanol–water partition coefficient (Wildman–Crippen LogP) is 3.23. The number of ether oxygens (including phenoxy) is 2. The summed E-state index contributed by atoms with van der Waals surface area (Å²) in [4.78, 5) is 41.0. The molecule has 0 aromatic heterocycles. The molecule has 2 heterocycles. The van der Waals surface area contributed by atoms with Gasteiger partial charge in [0.25, 0.3) is 5.91 Å². The average molecular weight is 465 g/mol. The lowest BCUT2D eigenvalue weighted by molar-refractivity contribution is -0.127. The van der Waals surface area contributed by atoms with Crippen molar-refractivity contribution in [2.24, 2.45) is 0 Å². The van der Waals surface area contributed by atoms with Crippen molar-refractivity contribution in [3.63, 3.8) is 0 Å². The number of anilines is 2. The number of piperidine rings is 1. The van der Waals surface area contributed by atoms with Crippen molar-refractivity contribution < 1.29 is 23.9 Å². The second kappa shape index (κ2) is 10.3. The van der Waals surface area contributed by atoms with Crippen LogP contribution in [0.25, 0.3) is 6.08 Å². The number of imide groups is 1. The molecule has 2 aliphatic heterocycles. The van der Waals surface area contributed by atoms with Crippen LogP contribution < -0.4 is 25.0 Å². The maximum absolute atomic E-state index is 12.9. The molecule has 0 atom stereocenters. The van der Waals surface area contributed by atoms with Crippen molar-refractivity contribution in [1.82, 2.24) is 10.2 Å². The molecular formula is C25H28N4O5. The van der Waals surface area contributed by atoms with Gasteiger partial charge in [0, 0.05) is 30.4 Å². The Balaban J connectivity index is 1.47. The number of nitrogens with one attached hydrogen (secondary N) is 2. The van der Waals surface area contributed by atoms with Crippen LogP contribution in [0.1, 0.15) is 24.8 Å². The highest BCUT2D eigenvalue weighted by Gasteiger charge is 2.35. The number of methoxy groups -OCH3 is 2. The van der Waals surface area contributed by atoms with E-state index in [0.29, 0.717) is 22.7 Å². The number of carbonyl (C=O) groups excluding carboxylic acids is 3. The minimum atomic E-state index is -0.657. The smallest absolute Gasteiger partial charge is 0.329 e. The summed E-state index contributed by atoms with van der Waals surface area (Å²) in [6.45, 7) is 1.58. The van der Waals surface area contributed by atoms with Gasteiger partial charge in [-0.1, -0.05) is 12.1 Å². The van der Waals surface area contributed by atoms with E-state index in [2.05, 4.69) is 15.5 Å². The fourth-order valence-electron chi connectivity index (χ4n) is 4.12. The van der Waals surface area contributed by atoms with E-state index in [4.69, 9.17) is 9.47 Å². The van der Waals surface area contributed by atoms with Crippen molar-refractivity contribution in [2.45, 2.75) is 19.3 Å². The minimum absolute atomic E-state index is 0.0825. The number of benzene rings is 2. The van der Waals surface area contributed by atoms with Crippen LogP contribution in [0.3, 0.4) is 0 Å². The zero-order valence-electron chi connectivity index (χ0n) is 19.3. The van der Waals surface area contributed by atoms with Crippen LogP contribution in [0.2, 0.25) is 0 Å². The van der Waals surface area contributed by atoms with Gasteiger partial charge in [0.05, 0.1) is 19.9 Å². The van der Waals surface area contributed by atoms with E-state index < -0.39 is 24.4 Å². The Labute approximate surface area is 198 Å². The minimum Gasteiger partial charge on any atom is -0.496 e. The molecule has 2 aromatic rings. The van der Waals surface area contributed by atoms with E-state index in [-0.39, 0.29) is 5.70 Å². The lowest BCUT2D eigenvalue weighted by Crippen LogP contribution is -2.38. The summed E-state index contributed by atoms with van der Waals surface area (Å²) < 4.78 is 10.8. The van der Waals surface area contributed by atoms with Crippen LogP contribution in [0.4, 0.5) is 16.2 Å². The Morgan fingerprint density at radius 2 is 1.76 bits per heavy atom. The Bertz CT molecular complexity index is 1120. The van der Waals surface area contributed by atoms with Crippen LogP contribution in [0.15, 0.2) is 48.2 Å². The molecule has 0 unspecified atom stereocenters. The summed E-state index contributed by atoms with van der Waals surface area (Å²) in [6, 6.07) is 12.0. The first-order valence-corrected chi connectivity index (χ1v) is 11.2. The second-order valence-electron chi connectivity index (χ2n) is 8.10. The molecular weight excluding hydrogens is 436 g/mol. The maximum Gasteiger partial charge on any atom is 0.329 e. The molecule has 9 nitrogen and oxygen atoms in total. The summed E-state index contributed by atoms with van der Waals surface area (Å²) in [5.41, 5.74) is 2.26. The number of rotatable bonds is 7. The third-order valence-electron chi connectivity index (χ3n) is 5.88. The van der Waals surface area contributed by atoms with Crippen LogP contribution >= 0.6 is 0 Å². The monoisotopic (exact) mass is 464 g/mol. The lowest BCUT2D eigenvalue weighted by atomic mass is 10.1. The molecule has 2 saturated heterocycles. The molecule has 0 spiro atoms. The predicted molar refractivity (Wildman–Crippen MR) is 129 cm³/mol. The highest BCUT2D eigenvalue weighted by molar-refractivity contribution is 6.16. The van der Waals surface area contributed by atoms with E-state index >= 15 is 0 Å². The van der Waals surface area contributed by atoms with Gasteiger partial charge in [-0.2, -0.15) is 0 Å². The van der Waals surface area contributed by atoms with E-state index in [1.165, 1.54) is 13.5 Å². The molecule has 4 rings (SSSR count). The number of para-hydroxylation sites is 2. The van der Waals surface area contributed by atoms with Crippen molar-refractivity contribution in [3.05, 3.63) is 53.7 Å². The summed E-state index contributed by atoms with van der Waals surface area (Å²) in [6.07, 6.45) is 5.13. The summed E-state index contributed by atoms with van der Waals surface area (Å²) in [5.74, 6) is -0.0150. The number of nitrogens with zero attached hydrogens (tertiary/aromatic N) is 2. The topological polar surface area (TPSA) is 100 Å². The number of amides is 4. The Hall–Kier alpha value is -4.01.